The van der Waals surface area contributed by atoms with Crippen molar-refractivity contribution in [2.24, 2.45) is 0 Å². The number of fused-ring (bicyclic) bond motifs is 1. The standard InChI is InChI=1S/C24H24N2O3S/c27-23(17-6-2-1-3-7-17)26-11-10-18(16-26)21-19-8-4-5-9-20(19)30-22(21)24(28)25-12-14-29-15-13-25/h1-9,18H,10-16H2/t18-/m0/s1. The van der Waals surface area contributed by atoms with Gasteiger partial charge in [0.15, 0.2) is 0 Å². The number of amides is 2. The zero-order valence-corrected chi connectivity index (χ0v) is 17.6. The predicted molar refractivity (Wildman–Crippen MR) is 118 cm³/mol. The van der Waals surface area contributed by atoms with Gasteiger partial charge in [0.2, 0.25) is 0 Å². The Kier molecular flexibility index (Phi) is 5.27. The molecule has 6 heteroatoms. The number of nitrogens with zero attached hydrogens (tertiary/aromatic N) is 2. The second-order valence-corrected chi connectivity index (χ2v) is 8.90. The van der Waals surface area contributed by atoms with Crippen LogP contribution >= 0.6 is 11.3 Å². The third kappa shape index (κ3) is 3.50. The van der Waals surface area contributed by atoms with Gasteiger partial charge in [-0.05, 0) is 35.6 Å². The van der Waals surface area contributed by atoms with Gasteiger partial charge in [0.05, 0.1) is 18.1 Å². The second-order valence-electron chi connectivity index (χ2n) is 7.85. The molecule has 2 aliphatic heterocycles. The Morgan fingerprint density at radius 2 is 1.60 bits per heavy atom. The van der Waals surface area contributed by atoms with E-state index in [1.165, 1.54) is 0 Å². The topological polar surface area (TPSA) is 49.9 Å². The number of rotatable bonds is 3. The molecule has 2 aromatic carbocycles. The van der Waals surface area contributed by atoms with Gasteiger partial charge < -0.3 is 14.5 Å². The molecule has 3 heterocycles. The molecule has 5 nitrogen and oxygen atoms in total. The Morgan fingerprint density at radius 1 is 0.867 bits per heavy atom. The molecule has 0 bridgehead atoms. The van der Waals surface area contributed by atoms with E-state index in [1.54, 1.807) is 11.3 Å². The molecule has 0 N–H and O–H groups in total. The molecule has 0 aliphatic carbocycles. The quantitative estimate of drug-likeness (QED) is 0.643. The summed E-state index contributed by atoms with van der Waals surface area (Å²) in [6, 6.07) is 17.7. The van der Waals surface area contributed by atoms with Crippen LogP contribution < -0.4 is 0 Å². The number of hydrogen-bond acceptors (Lipinski definition) is 4. The van der Waals surface area contributed by atoms with Crippen LogP contribution in [0, 0.1) is 0 Å². The van der Waals surface area contributed by atoms with E-state index < -0.39 is 0 Å². The van der Waals surface area contributed by atoms with Crippen molar-refractivity contribution in [3.8, 4) is 0 Å². The van der Waals surface area contributed by atoms with E-state index in [1.807, 2.05) is 52.3 Å². The third-order valence-corrected chi connectivity index (χ3v) is 7.21. The highest BCUT2D eigenvalue weighted by molar-refractivity contribution is 7.21. The van der Waals surface area contributed by atoms with Crippen LogP contribution in [0.4, 0.5) is 0 Å². The van der Waals surface area contributed by atoms with Crippen LogP contribution in [-0.2, 0) is 4.74 Å². The van der Waals surface area contributed by atoms with E-state index in [0.717, 1.165) is 32.5 Å². The van der Waals surface area contributed by atoms with Gasteiger partial charge >= 0.3 is 0 Å². The van der Waals surface area contributed by atoms with Gasteiger partial charge in [0, 0.05) is 42.4 Å². The number of carbonyl (C=O) groups is 2. The zero-order chi connectivity index (χ0) is 20.5. The highest BCUT2D eigenvalue weighted by Crippen LogP contribution is 2.41. The number of thiophene rings is 1. The molecule has 0 spiro atoms. The minimum atomic E-state index is 0.0682. The molecule has 30 heavy (non-hydrogen) atoms. The molecule has 2 fully saturated rings. The maximum absolute atomic E-state index is 13.4. The summed E-state index contributed by atoms with van der Waals surface area (Å²) >= 11 is 1.58. The van der Waals surface area contributed by atoms with Gasteiger partial charge in [-0.2, -0.15) is 0 Å². The summed E-state index contributed by atoms with van der Waals surface area (Å²) in [4.78, 5) is 31.0. The SMILES string of the molecule is O=C(c1ccccc1)N1CC[C@H](c2c(C(=O)N3CCOCC3)sc3ccccc23)C1. The Bertz CT molecular complexity index is 1070. The van der Waals surface area contributed by atoms with Crippen LogP contribution in [0.15, 0.2) is 54.6 Å². The van der Waals surface area contributed by atoms with Crippen LogP contribution in [-0.4, -0.2) is 61.0 Å². The molecule has 5 rings (SSSR count). The number of hydrogen-bond donors (Lipinski definition) is 0. The van der Waals surface area contributed by atoms with Crippen LogP contribution in [0.2, 0.25) is 0 Å². The van der Waals surface area contributed by atoms with Crippen LogP contribution in [0.1, 0.15) is 37.9 Å². The summed E-state index contributed by atoms with van der Waals surface area (Å²) in [5.74, 6) is 0.342. The highest BCUT2D eigenvalue weighted by Gasteiger charge is 2.34. The first-order chi connectivity index (χ1) is 14.7. The van der Waals surface area contributed by atoms with Gasteiger partial charge in [-0.25, -0.2) is 0 Å². The maximum atomic E-state index is 13.4. The fourth-order valence-corrected chi connectivity index (χ4v) is 5.74. The lowest BCUT2D eigenvalue weighted by molar-refractivity contribution is 0.0305. The first-order valence-corrected chi connectivity index (χ1v) is 11.3. The van der Waals surface area contributed by atoms with Crippen molar-refractivity contribution in [1.82, 2.24) is 9.80 Å². The van der Waals surface area contributed by atoms with Crippen molar-refractivity contribution < 1.29 is 14.3 Å². The van der Waals surface area contributed by atoms with E-state index in [2.05, 4.69) is 12.1 Å². The van der Waals surface area contributed by atoms with E-state index in [0.29, 0.717) is 39.4 Å². The van der Waals surface area contributed by atoms with E-state index in [4.69, 9.17) is 4.74 Å². The molecule has 0 radical (unpaired) electrons. The van der Waals surface area contributed by atoms with Gasteiger partial charge in [0.1, 0.15) is 0 Å². The average molecular weight is 421 g/mol. The first-order valence-electron chi connectivity index (χ1n) is 10.4. The lowest BCUT2D eigenvalue weighted by Crippen LogP contribution is -2.40. The largest absolute Gasteiger partial charge is 0.378 e. The molecule has 1 atom stereocenters. The van der Waals surface area contributed by atoms with Crippen molar-refractivity contribution in [3.63, 3.8) is 0 Å². The van der Waals surface area contributed by atoms with Crippen molar-refractivity contribution in [3.05, 3.63) is 70.6 Å². The Morgan fingerprint density at radius 3 is 2.40 bits per heavy atom. The lowest BCUT2D eigenvalue weighted by Gasteiger charge is -2.27. The van der Waals surface area contributed by atoms with E-state index in [-0.39, 0.29) is 17.7 Å². The van der Waals surface area contributed by atoms with E-state index >= 15 is 0 Å². The van der Waals surface area contributed by atoms with Crippen molar-refractivity contribution in [2.45, 2.75) is 12.3 Å². The molecular weight excluding hydrogens is 396 g/mol. The fourth-order valence-electron chi connectivity index (χ4n) is 4.48. The summed E-state index contributed by atoms with van der Waals surface area (Å²) in [6.07, 6.45) is 0.878. The van der Waals surface area contributed by atoms with Crippen LogP contribution in [0.5, 0.6) is 0 Å². The fraction of sp³-hybridized carbons (Fsp3) is 0.333. The van der Waals surface area contributed by atoms with Gasteiger partial charge in [-0.15, -0.1) is 11.3 Å². The smallest absolute Gasteiger partial charge is 0.264 e. The number of ether oxygens (including phenoxy) is 1. The summed E-state index contributed by atoms with van der Waals surface area (Å²) < 4.78 is 6.56. The number of benzene rings is 2. The lowest BCUT2D eigenvalue weighted by atomic mass is 9.94. The summed E-state index contributed by atoms with van der Waals surface area (Å²) in [7, 11) is 0. The minimum Gasteiger partial charge on any atom is -0.378 e. The molecule has 3 aromatic rings. The molecule has 2 aliphatic rings. The summed E-state index contributed by atoms with van der Waals surface area (Å²) in [5, 5.41) is 1.15. The van der Waals surface area contributed by atoms with E-state index in [9.17, 15) is 9.59 Å². The van der Waals surface area contributed by atoms with Gasteiger partial charge in [-0.1, -0.05) is 36.4 Å². The zero-order valence-electron chi connectivity index (χ0n) is 16.8. The van der Waals surface area contributed by atoms with Gasteiger partial charge in [0.25, 0.3) is 11.8 Å². The minimum absolute atomic E-state index is 0.0682. The molecule has 0 saturated carbocycles. The van der Waals surface area contributed by atoms with Crippen LogP contribution in [0.3, 0.4) is 0 Å². The third-order valence-electron chi connectivity index (χ3n) is 6.03. The van der Waals surface area contributed by atoms with Crippen LogP contribution in [0.25, 0.3) is 10.1 Å². The van der Waals surface area contributed by atoms with Gasteiger partial charge in [-0.3, -0.25) is 9.59 Å². The second kappa shape index (κ2) is 8.20. The molecule has 0 unspecified atom stereocenters. The Balaban J connectivity index is 1.46. The normalized spacial score (nSPS) is 19.4. The Labute approximate surface area is 179 Å². The Hall–Kier alpha value is -2.70. The summed E-state index contributed by atoms with van der Waals surface area (Å²) in [6.45, 7) is 3.82. The predicted octanol–water partition coefficient (Wildman–Crippen LogP) is 4.00. The van der Waals surface area contributed by atoms with Crippen molar-refractivity contribution in [1.29, 1.82) is 0 Å². The number of likely N-dealkylation sites (tertiary alicyclic amines) is 1. The van der Waals surface area contributed by atoms with Crippen molar-refractivity contribution in [2.75, 3.05) is 39.4 Å². The molecule has 2 amide bonds. The molecular formula is C24H24N2O3S. The monoisotopic (exact) mass is 420 g/mol. The summed E-state index contributed by atoms with van der Waals surface area (Å²) in [5.41, 5.74) is 1.84. The average Bonchev–Trinajstić information content (AvgIpc) is 3.44. The molecule has 2 saturated heterocycles. The molecule has 154 valence electrons. The number of carbonyl (C=O) groups excluding carboxylic acids is 2. The highest BCUT2D eigenvalue weighted by atomic mass is 32.1. The number of morpholine rings is 1. The molecule has 1 aromatic heterocycles. The maximum Gasteiger partial charge on any atom is 0.264 e. The first kappa shape index (κ1) is 19.3. The van der Waals surface area contributed by atoms with Crippen molar-refractivity contribution >= 4 is 33.2 Å².